The van der Waals surface area contributed by atoms with E-state index in [2.05, 4.69) is 5.32 Å². The number of carbonyl (C=O) groups excluding carboxylic acids is 1. The maximum atomic E-state index is 12.6. The van der Waals surface area contributed by atoms with Crippen LogP contribution >= 0.6 is 0 Å². The fraction of sp³-hybridized carbons (Fsp3) is 0.294. The summed E-state index contributed by atoms with van der Waals surface area (Å²) in [5.41, 5.74) is -0.350. The van der Waals surface area contributed by atoms with Gasteiger partial charge in [0.05, 0.1) is 10.6 Å². The van der Waals surface area contributed by atoms with Crippen molar-refractivity contribution in [3.63, 3.8) is 0 Å². The molecule has 1 aliphatic rings. The van der Waals surface area contributed by atoms with E-state index in [1.165, 1.54) is 39.3 Å². The van der Waals surface area contributed by atoms with Crippen molar-refractivity contribution < 1.29 is 18.3 Å². The van der Waals surface area contributed by atoms with Crippen LogP contribution in [0.5, 0.6) is 5.75 Å². The van der Waals surface area contributed by atoms with E-state index in [0.717, 1.165) is 12.8 Å². The average molecular weight is 377 g/mol. The Balaban J connectivity index is 1.81. The number of phenolic OH excluding ortho intramolecular Hbond substituents is 1. The lowest BCUT2D eigenvalue weighted by atomic mass is 10.3. The molecule has 138 valence electrons. The van der Waals surface area contributed by atoms with Gasteiger partial charge in [-0.15, -0.1) is 0 Å². The number of pyridine rings is 1. The number of aromatic nitrogens is 1. The fourth-order valence-electron chi connectivity index (χ4n) is 2.79. The number of nitrogens with zero attached hydrogens (tertiary/aromatic N) is 2. The van der Waals surface area contributed by atoms with Crippen LogP contribution in [0.2, 0.25) is 0 Å². The van der Waals surface area contributed by atoms with Gasteiger partial charge in [0.25, 0.3) is 5.56 Å². The molecule has 1 aromatic carbocycles. The van der Waals surface area contributed by atoms with Crippen LogP contribution in [0.15, 0.2) is 52.3 Å². The number of anilines is 1. The Labute approximate surface area is 150 Å². The Bertz CT molecular complexity index is 978. The van der Waals surface area contributed by atoms with Gasteiger partial charge < -0.3 is 15.0 Å². The van der Waals surface area contributed by atoms with E-state index < -0.39 is 15.9 Å². The zero-order valence-corrected chi connectivity index (χ0v) is 14.8. The van der Waals surface area contributed by atoms with Crippen LogP contribution in [0, 0.1) is 0 Å². The number of phenols is 1. The van der Waals surface area contributed by atoms with E-state index in [1.54, 1.807) is 12.1 Å². The van der Waals surface area contributed by atoms with Crippen LogP contribution in [0.1, 0.15) is 12.8 Å². The molecule has 2 N–H and O–H groups in total. The molecule has 8 nitrogen and oxygen atoms in total. The molecule has 26 heavy (non-hydrogen) atoms. The SMILES string of the molecule is O=C(Cn1ccccc1=O)Nc1cc(S(=O)(=O)N2CCCC2)ccc1O. The topological polar surface area (TPSA) is 109 Å². The molecule has 2 heterocycles. The summed E-state index contributed by atoms with van der Waals surface area (Å²) in [7, 11) is -3.66. The van der Waals surface area contributed by atoms with Crippen molar-refractivity contribution in [2.45, 2.75) is 24.3 Å². The summed E-state index contributed by atoms with van der Waals surface area (Å²) in [6.45, 7) is 0.672. The summed E-state index contributed by atoms with van der Waals surface area (Å²) < 4.78 is 27.8. The number of amides is 1. The lowest BCUT2D eigenvalue weighted by molar-refractivity contribution is -0.116. The maximum Gasteiger partial charge on any atom is 0.250 e. The highest BCUT2D eigenvalue weighted by Gasteiger charge is 2.27. The molecule has 1 amide bonds. The summed E-state index contributed by atoms with van der Waals surface area (Å²) >= 11 is 0. The van der Waals surface area contributed by atoms with Crippen molar-refractivity contribution >= 4 is 21.6 Å². The van der Waals surface area contributed by atoms with Crippen LogP contribution in [0.3, 0.4) is 0 Å². The third-order valence-electron chi connectivity index (χ3n) is 4.16. The first-order chi connectivity index (χ1) is 12.4. The molecule has 0 saturated carbocycles. The molecule has 0 spiro atoms. The van der Waals surface area contributed by atoms with Gasteiger partial charge in [0, 0.05) is 25.4 Å². The van der Waals surface area contributed by atoms with Gasteiger partial charge in [-0.3, -0.25) is 9.59 Å². The van der Waals surface area contributed by atoms with E-state index >= 15 is 0 Å². The van der Waals surface area contributed by atoms with E-state index in [-0.39, 0.29) is 28.4 Å². The number of carbonyl (C=O) groups is 1. The second kappa shape index (κ2) is 7.30. The van der Waals surface area contributed by atoms with Gasteiger partial charge in [-0.25, -0.2) is 8.42 Å². The Kier molecular flexibility index (Phi) is 5.10. The van der Waals surface area contributed by atoms with Crippen molar-refractivity contribution in [1.82, 2.24) is 8.87 Å². The van der Waals surface area contributed by atoms with Gasteiger partial charge in [-0.2, -0.15) is 4.31 Å². The standard InChI is InChI=1S/C17H19N3O5S/c21-15-7-6-13(26(24,25)20-9-3-4-10-20)11-14(15)18-16(22)12-19-8-2-1-5-17(19)23/h1-2,5-8,11,21H,3-4,9-10,12H2,(H,18,22). The fourth-order valence-corrected chi connectivity index (χ4v) is 4.33. The minimum Gasteiger partial charge on any atom is -0.506 e. The molecule has 0 radical (unpaired) electrons. The largest absolute Gasteiger partial charge is 0.506 e. The number of sulfonamides is 1. The summed E-state index contributed by atoms with van der Waals surface area (Å²) in [6.07, 6.45) is 3.09. The van der Waals surface area contributed by atoms with Crippen LogP contribution in [0.25, 0.3) is 0 Å². The minimum absolute atomic E-state index is 0.00405. The molecular weight excluding hydrogens is 358 g/mol. The van der Waals surface area contributed by atoms with Gasteiger partial charge >= 0.3 is 0 Å². The number of hydrogen-bond acceptors (Lipinski definition) is 5. The van der Waals surface area contributed by atoms with Crippen LogP contribution in [-0.4, -0.2) is 41.4 Å². The normalized spacial score (nSPS) is 15.1. The number of nitrogens with one attached hydrogen (secondary N) is 1. The molecule has 0 bridgehead atoms. The van der Waals surface area contributed by atoms with Gasteiger partial charge in [-0.05, 0) is 37.1 Å². The van der Waals surface area contributed by atoms with Crippen molar-refractivity contribution in [2.75, 3.05) is 18.4 Å². The average Bonchev–Trinajstić information content (AvgIpc) is 3.14. The minimum atomic E-state index is -3.66. The Morgan fingerprint density at radius 1 is 1.15 bits per heavy atom. The molecule has 1 aliphatic heterocycles. The van der Waals surface area contributed by atoms with Gasteiger partial charge in [-0.1, -0.05) is 6.07 Å². The molecule has 0 atom stereocenters. The highest BCUT2D eigenvalue weighted by Crippen LogP contribution is 2.29. The molecule has 0 unspecified atom stereocenters. The maximum absolute atomic E-state index is 12.6. The molecule has 1 fully saturated rings. The van der Waals surface area contributed by atoms with E-state index in [4.69, 9.17) is 0 Å². The van der Waals surface area contributed by atoms with Gasteiger partial charge in [0.1, 0.15) is 12.3 Å². The number of benzene rings is 1. The number of rotatable bonds is 5. The summed E-state index contributed by atoms with van der Waals surface area (Å²) in [4.78, 5) is 23.8. The number of aromatic hydroxyl groups is 1. The first-order valence-corrected chi connectivity index (χ1v) is 9.60. The van der Waals surface area contributed by atoms with E-state index in [9.17, 15) is 23.1 Å². The lowest BCUT2D eigenvalue weighted by Crippen LogP contribution is -2.28. The summed E-state index contributed by atoms with van der Waals surface area (Å²) in [6, 6.07) is 8.28. The highest BCUT2D eigenvalue weighted by atomic mass is 32.2. The second-order valence-corrected chi connectivity index (χ2v) is 7.94. The first-order valence-electron chi connectivity index (χ1n) is 8.16. The number of hydrogen-bond donors (Lipinski definition) is 2. The molecule has 9 heteroatoms. The van der Waals surface area contributed by atoms with E-state index in [1.807, 2.05) is 0 Å². The second-order valence-electron chi connectivity index (χ2n) is 6.01. The molecule has 1 aromatic heterocycles. The van der Waals surface area contributed by atoms with Crippen molar-refractivity contribution in [3.8, 4) is 5.75 Å². The van der Waals surface area contributed by atoms with E-state index in [0.29, 0.717) is 13.1 Å². The predicted molar refractivity (Wildman–Crippen MR) is 95.4 cm³/mol. The predicted octanol–water partition coefficient (Wildman–Crippen LogP) is 0.977. The van der Waals surface area contributed by atoms with Crippen LogP contribution in [-0.2, 0) is 21.4 Å². The zero-order chi connectivity index (χ0) is 18.7. The zero-order valence-electron chi connectivity index (χ0n) is 14.0. The molecule has 1 saturated heterocycles. The van der Waals surface area contributed by atoms with Crippen molar-refractivity contribution in [1.29, 1.82) is 0 Å². The Hall–Kier alpha value is -2.65. The molecule has 3 rings (SSSR count). The summed E-state index contributed by atoms with van der Waals surface area (Å²) in [5, 5.41) is 12.4. The van der Waals surface area contributed by atoms with Gasteiger partial charge in [0.2, 0.25) is 15.9 Å². The smallest absolute Gasteiger partial charge is 0.250 e. The van der Waals surface area contributed by atoms with Crippen LogP contribution in [0.4, 0.5) is 5.69 Å². The summed E-state index contributed by atoms with van der Waals surface area (Å²) in [5.74, 6) is -0.802. The van der Waals surface area contributed by atoms with Gasteiger partial charge in [0.15, 0.2) is 0 Å². The first kappa shape index (κ1) is 18.2. The third-order valence-corrected chi connectivity index (χ3v) is 6.05. The van der Waals surface area contributed by atoms with Crippen LogP contribution < -0.4 is 10.9 Å². The third kappa shape index (κ3) is 3.78. The van der Waals surface area contributed by atoms with Crippen molar-refractivity contribution in [3.05, 3.63) is 52.9 Å². The quantitative estimate of drug-likeness (QED) is 0.755. The van der Waals surface area contributed by atoms with Crippen molar-refractivity contribution in [2.24, 2.45) is 0 Å². The molecular formula is C17H19N3O5S. The Morgan fingerprint density at radius 3 is 2.58 bits per heavy atom. The Morgan fingerprint density at radius 2 is 1.88 bits per heavy atom. The highest BCUT2D eigenvalue weighted by molar-refractivity contribution is 7.89. The molecule has 2 aromatic rings. The molecule has 0 aliphatic carbocycles. The monoisotopic (exact) mass is 377 g/mol. The lowest BCUT2D eigenvalue weighted by Gasteiger charge is -2.17.